The maximum Gasteiger partial charge on any atom is 0.131 e. The minimum atomic E-state index is -1.84. The molecule has 6 heteroatoms. The number of benzene rings is 1. The van der Waals surface area contributed by atoms with Crippen LogP contribution in [-0.4, -0.2) is 75.4 Å². The second kappa shape index (κ2) is 10.5. The molecule has 3 rings (SSSR count). The molecule has 25 heavy (non-hydrogen) atoms. The van der Waals surface area contributed by atoms with Crippen LogP contribution in [0.1, 0.15) is 18.1 Å². The molecule has 0 N–H and O–H groups in total. The number of morpholine rings is 2. The van der Waals surface area contributed by atoms with Crippen LogP contribution in [0.25, 0.3) is 0 Å². The summed E-state index contributed by atoms with van der Waals surface area (Å²) >= 11 is 0. The highest BCUT2D eigenvalue weighted by Gasteiger charge is 2.32. The van der Waals surface area contributed by atoms with E-state index in [9.17, 15) is 0 Å². The summed E-state index contributed by atoms with van der Waals surface area (Å²) in [5.74, 6) is 0. The van der Waals surface area contributed by atoms with Gasteiger partial charge in [0.1, 0.15) is 7.41 Å². The molecule has 5 nitrogen and oxygen atoms in total. The van der Waals surface area contributed by atoms with Crippen LogP contribution in [0.3, 0.4) is 0 Å². The van der Waals surface area contributed by atoms with E-state index in [1.165, 1.54) is 11.1 Å². The van der Waals surface area contributed by atoms with Crippen molar-refractivity contribution in [3.63, 3.8) is 0 Å². The first kappa shape index (κ1) is 20.6. The van der Waals surface area contributed by atoms with E-state index in [0.29, 0.717) is 0 Å². The van der Waals surface area contributed by atoms with E-state index >= 15 is 0 Å². The predicted molar refractivity (Wildman–Crippen MR) is 106 cm³/mol. The van der Waals surface area contributed by atoms with Crippen LogP contribution in [0.5, 0.6) is 0 Å². The fourth-order valence-corrected chi connectivity index (χ4v) is 5.36. The van der Waals surface area contributed by atoms with Gasteiger partial charge in [-0.15, -0.1) is 0 Å². The van der Waals surface area contributed by atoms with Crippen molar-refractivity contribution in [2.75, 3.05) is 59.7 Å². The lowest BCUT2D eigenvalue weighted by Crippen LogP contribution is -2.43. The van der Waals surface area contributed by atoms with Crippen molar-refractivity contribution in [2.45, 2.75) is 20.3 Å². The Balaban J connectivity index is 0.000000212. The van der Waals surface area contributed by atoms with Gasteiger partial charge in [-0.1, -0.05) is 36.8 Å². The quantitative estimate of drug-likeness (QED) is 0.763. The summed E-state index contributed by atoms with van der Waals surface area (Å²) in [5.41, 5.74) is 2.76. The summed E-state index contributed by atoms with van der Waals surface area (Å²) in [4.78, 5) is 0. The first-order chi connectivity index (χ1) is 12.1. The van der Waals surface area contributed by atoms with Crippen molar-refractivity contribution in [3.05, 3.63) is 35.4 Å². The lowest BCUT2D eigenvalue weighted by molar-refractivity contribution is 0.0489. The van der Waals surface area contributed by atoms with Crippen LogP contribution < -0.4 is 0 Å². The van der Waals surface area contributed by atoms with Gasteiger partial charge in [0.05, 0.1) is 26.4 Å². The molecule has 0 unspecified atom stereocenters. The number of rotatable bonds is 4. The van der Waals surface area contributed by atoms with Crippen molar-refractivity contribution >= 4 is 13.7 Å². The van der Waals surface area contributed by atoms with Crippen LogP contribution in [0.4, 0.5) is 0 Å². The SMILES string of the molecule is C=P(OC)(N1CCOCC1)N1CCOCC1.CCc1ccc(C)cc1. The number of hydrogen-bond acceptors (Lipinski definition) is 5. The molecule has 0 aliphatic carbocycles. The van der Waals surface area contributed by atoms with Gasteiger partial charge in [-0.25, -0.2) is 9.34 Å². The van der Waals surface area contributed by atoms with Gasteiger partial charge in [-0.3, -0.25) is 0 Å². The van der Waals surface area contributed by atoms with Crippen molar-refractivity contribution in [1.29, 1.82) is 0 Å². The van der Waals surface area contributed by atoms with Crippen LogP contribution in [0.15, 0.2) is 24.3 Å². The lowest BCUT2D eigenvalue weighted by Gasteiger charge is -2.45. The molecule has 1 aromatic carbocycles. The average Bonchev–Trinajstić information content (AvgIpc) is 2.70. The van der Waals surface area contributed by atoms with Crippen molar-refractivity contribution < 1.29 is 14.0 Å². The summed E-state index contributed by atoms with van der Waals surface area (Å²) in [7, 11) is -0.0749. The van der Waals surface area contributed by atoms with Gasteiger partial charge in [-0.05, 0) is 25.2 Å². The van der Waals surface area contributed by atoms with E-state index in [1.54, 1.807) is 7.11 Å². The third-order valence-electron chi connectivity index (χ3n) is 4.68. The Labute approximate surface area is 153 Å². The molecule has 1 aromatic rings. The average molecular weight is 368 g/mol. The molecule has 2 aliphatic rings. The summed E-state index contributed by atoms with van der Waals surface area (Å²) in [6, 6.07) is 8.66. The van der Waals surface area contributed by atoms with Crippen molar-refractivity contribution in [1.82, 2.24) is 9.34 Å². The van der Waals surface area contributed by atoms with Gasteiger partial charge in [0.2, 0.25) is 0 Å². The molecule has 0 bridgehead atoms. The second-order valence-electron chi connectivity index (χ2n) is 6.32. The Hall–Kier alpha value is -0.680. The topological polar surface area (TPSA) is 34.2 Å². The molecular weight excluding hydrogens is 335 g/mol. The minimum Gasteiger partial charge on any atom is -0.379 e. The monoisotopic (exact) mass is 368 g/mol. The van der Waals surface area contributed by atoms with Crippen LogP contribution in [0.2, 0.25) is 0 Å². The number of aryl methyl sites for hydroxylation is 2. The molecule has 0 radical (unpaired) electrons. The van der Waals surface area contributed by atoms with Crippen LogP contribution >= 0.6 is 7.41 Å². The molecule has 142 valence electrons. The first-order valence-corrected chi connectivity index (χ1v) is 10.9. The van der Waals surface area contributed by atoms with Gasteiger partial charge < -0.3 is 14.0 Å². The van der Waals surface area contributed by atoms with E-state index < -0.39 is 7.41 Å². The Kier molecular flexibility index (Phi) is 8.63. The maximum absolute atomic E-state index is 5.76. The van der Waals surface area contributed by atoms with E-state index in [1.807, 2.05) is 0 Å². The summed E-state index contributed by atoms with van der Waals surface area (Å²) in [6.07, 6.45) is 5.50. The molecular formula is C19H33N2O3P. The summed E-state index contributed by atoms with van der Waals surface area (Å²) in [5, 5.41) is 0. The molecule has 0 aromatic heterocycles. The highest BCUT2D eigenvalue weighted by molar-refractivity contribution is 7.64. The molecule has 2 heterocycles. The predicted octanol–water partition coefficient (Wildman–Crippen LogP) is 3.05. The standard InChI is InChI=1S/C10H21N2O3P.C9H12/c1-13-16(2,11-3-7-14-8-4-11)12-5-9-15-10-6-12;1-3-9-6-4-8(2)5-7-9/h2-10H2,1H3;4-7H,3H2,1-2H3. The van der Waals surface area contributed by atoms with E-state index in [-0.39, 0.29) is 0 Å². The Bertz CT molecular complexity index is 516. The van der Waals surface area contributed by atoms with E-state index in [2.05, 4.69) is 53.8 Å². The zero-order valence-electron chi connectivity index (χ0n) is 15.9. The molecule has 0 amide bonds. The molecule has 2 aliphatic heterocycles. The zero-order chi connectivity index (χ0) is 18.1. The first-order valence-electron chi connectivity index (χ1n) is 9.11. The Morgan fingerprint density at radius 2 is 1.40 bits per heavy atom. The normalized spacial score (nSPS) is 20.0. The minimum absolute atomic E-state index is 0.783. The third-order valence-corrected chi connectivity index (χ3v) is 7.83. The van der Waals surface area contributed by atoms with Crippen LogP contribution in [-0.2, 0) is 20.4 Å². The van der Waals surface area contributed by atoms with Gasteiger partial charge in [0.15, 0.2) is 0 Å². The Morgan fingerprint density at radius 1 is 0.960 bits per heavy atom. The van der Waals surface area contributed by atoms with Gasteiger partial charge >= 0.3 is 0 Å². The van der Waals surface area contributed by atoms with Gasteiger partial charge in [-0.2, -0.15) is 0 Å². The fourth-order valence-electron chi connectivity index (χ4n) is 2.97. The number of nitrogens with zero attached hydrogens (tertiary/aromatic N) is 2. The van der Waals surface area contributed by atoms with Crippen molar-refractivity contribution in [3.8, 4) is 0 Å². The molecule has 2 fully saturated rings. The molecule has 0 saturated carbocycles. The smallest absolute Gasteiger partial charge is 0.131 e. The van der Waals surface area contributed by atoms with Gasteiger partial charge in [0.25, 0.3) is 0 Å². The molecule has 2 saturated heterocycles. The second-order valence-corrected chi connectivity index (χ2v) is 9.14. The van der Waals surface area contributed by atoms with E-state index in [0.717, 1.165) is 59.0 Å². The van der Waals surface area contributed by atoms with Crippen LogP contribution in [0, 0.1) is 6.92 Å². The third kappa shape index (κ3) is 5.92. The van der Waals surface area contributed by atoms with E-state index in [4.69, 9.17) is 14.0 Å². The summed E-state index contributed by atoms with van der Waals surface area (Å²) in [6.45, 7) is 11.1. The molecule has 0 spiro atoms. The number of ether oxygens (including phenoxy) is 2. The highest BCUT2D eigenvalue weighted by Crippen LogP contribution is 2.53. The van der Waals surface area contributed by atoms with Gasteiger partial charge in [0, 0.05) is 33.3 Å². The zero-order valence-corrected chi connectivity index (χ0v) is 16.8. The maximum atomic E-state index is 5.76. The number of hydrogen-bond donors (Lipinski definition) is 0. The Morgan fingerprint density at radius 3 is 1.76 bits per heavy atom. The fraction of sp³-hybridized carbons (Fsp3) is 0.632. The van der Waals surface area contributed by atoms with Crippen molar-refractivity contribution in [2.24, 2.45) is 0 Å². The summed E-state index contributed by atoms with van der Waals surface area (Å²) < 4.78 is 21.2. The molecule has 0 atom stereocenters. The largest absolute Gasteiger partial charge is 0.379 e. The lowest BCUT2D eigenvalue weighted by atomic mass is 10.1. The highest BCUT2D eigenvalue weighted by atomic mass is 31.2.